The molecule has 1 rings (SSSR count). The molecule has 1 aliphatic rings. The van der Waals surface area contributed by atoms with Crippen LogP contribution in [0.3, 0.4) is 0 Å². The molecule has 0 saturated carbocycles. The summed E-state index contributed by atoms with van der Waals surface area (Å²) in [7, 11) is 4.95. The molecule has 0 bridgehead atoms. The zero-order valence-corrected chi connectivity index (χ0v) is 5.84. The van der Waals surface area contributed by atoms with Gasteiger partial charge in [-0.05, 0) is 19.3 Å². The fraction of sp³-hybridized carbons (Fsp3) is 0.571. The summed E-state index contributed by atoms with van der Waals surface area (Å²) in [6.45, 7) is 0. The van der Waals surface area contributed by atoms with Crippen LogP contribution in [0.4, 0.5) is 4.79 Å². The molecular formula is C7H10BNO. The third-order valence-corrected chi connectivity index (χ3v) is 1.62. The maximum absolute atomic E-state index is 10.4. The lowest BCUT2D eigenvalue weighted by Crippen LogP contribution is -2.34. The molecule has 3 heteroatoms. The third-order valence-electron chi connectivity index (χ3n) is 1.62. The SMILES string of the molecule is [B]C(=O)NC1CC=CCC1. The Hall–Kier alpha value is -0.725. The predicted octanol–water partition coefficient (Wildman–Crippen LogP) is 0.973. The lowest BCUT2D eigenvalue weighted by Gasteiger charge is -2.18. The highest BCUT2D eigenvalue weighted by Crippen LogP contribution is 2.09. The molecule has 0 aromatic carbocycles. The summed E-state index contributed by atoms with van der Waals surface area (Å²) in [5.41, 5.74) is 0. The van der Waals surface area contributed by atoms with Gasteiger partial charge in [0, 0.05) is 6.04 Å². The van der Waals surface area contributed by atoms with Crippen molar-refractivity contribution in [2.45, 2.75) is 25.3 Å². The number of rotatable bonds is 1. The van der Waals surface area contributed by atoms with Crippen molar-refractivity contribution in [1.29, 1.82) is 0 Å². The highest BCUT2D eigenvalue weighted by atomic mass is 16.1. The molecule has 1 aliphatic carbocycles. The number of nitrogens with one attached hydrogen (secondary N) is 1. The standard InChI is InChI=1S/C7H10BNO/c8-7(10)9-6-4-2-1-3-5-6/h1-2,6H,3-5H2,(H,9,10). The average Bonchev–Trinajstić information content (AvgIpc) is 1.88. The Morgan fingerprint density at radius 2 is 2.40 bits per heavy atom. The van der Waals surface area contributed by atoms with Gasteiger partial charge in [-0.2, -0.15) is 0 Å². The van der Waals surface area contributed by atoms with Crippen LogP contribution in [0.5, 0.6) is 0 Å². The maximum atomic E-state index is 10.4. The van der Waals surface area contributed by atoms with E-state index in [1.807, 2.05) is 0 Å². The second-order valence-electron chi connectivity index (χ2n) is 2.49. The number of hydrogen-bond donors (Lipinski definition) is 1. The first-order valence-corrected chi connectivity index (χ1v) is 3.50. The molecule has 0 spiro atoms. The summed E-state index contributed by atoms with van der Waals surface area (Å²) in [4.78, 5) is 10.4. The summed E-state index contributed by atoms with van der Waals surface area (Å²) in [6, 6.07) is 0.266. The summed E-state index contributed by atoms with van der Waals surface area (Å²) < 4.78 is 0. The third kappa shape index (κ3) is 2.25. The van der Waals surface area contributed by atoms with Gasteiger partial charge in [-0.25, -0.2) is 0 Å². The van der Waals surface area contributed by atoms with Crippen LogP contribution in [0.15, 0.2) is 12.2 Å². The highest BCUT2D eigenvalue weighted by molar-refractivity contribution is 6.57. The van der Waals surface area contributed by atoms with E-state index in [0.717, 1.165) is 19.3 Å². The molecular weight excluding hydrogens is 125 g/mol. The molecule has 0 heterocycles. The number of allylic oxidation sites excluding steroid dienone is 1. The summed E-state index contributed by atoms with van der Waals surface area (Å²) in [6.07, 6.45) is 7.18. The van der Waals surface area contributed by atoms with Gasteiger partial charge in [0.05, 0.1) is 0 Å². The molecule has 0 saturated heterocycles. The second-order valence-corrected chi connectivity index (χ2v) is 2.49. The fourth-order valence-corrected chi connectivity index (χ4v) is 1.13. The van der Waals surface area contributed by atoms with Crippen LogP contribution in [-0.4, -0.2) is 19.7 Å². The number of amides is 1. The largest absolute Gasteiger partial charge is 0.363 e. The quantitative estimate of drug-likeness (QED) is 0.421. The molecule has 1 N–H and O–H groups in total. The van der Waals surface area contributed by atoms with Crippen molar-refractivity contribution in [1.82, 2.24) is 5.32 Å². The molecule has 0 fully saturated rings. The smallest absolute Gasteiger partial charge is 0.200 e. The Bertz CT molecular complexity index is 156. The molecule has 0 aliphatic heterocycles. The molecule has 1 atom stereocenters. The Kier molecular flexibility index (Phi) is 2.54. The van der Waals surface area contributed by atoms with E-state index in [2.05, 4.69) is 17.5 Å². The second kappa shape index (κ2) is 3.45. The van der Waals surface area contributed by atoms with Crippen LogP contribution in [0, 0.1) is 0 Å². The Morgan fingerprint density at radius 1 is 1.60 bits per heavy atom. The van der Waals surface area contributed by atoms with E-state index in [1.54, 1.807) is 0 Å². The van der Waals surface area contributed by atoms with Crippen LogP contribution in [-0.2, 0) is 0 Å². The molecule has 10 heavy (non-hydrogen) atoms. The van der Waals surface area contributed by atoms with E-state index in [0.29, 0.717) is 0 Å². The Morgan fingerprint density at radius 3 is 2.90 bits per heavy atom. The Balaban J connectivity index is 2.28. The first-order chi connectivity index (χ1) is 4.79. The molecule has 52 valence electrons. The normalized spacial score (nSPS) is 24.2. The molecule has 1 unspecified atom stereocenters. The van der Waals surface area contributed by atoms with Crippen LogP contribution in [0.2, 0.25) is 0 Å². The van der Waals surface area contributed by atoms with Crippen LogP contribution in [0.25, 0.3) is 0 Å². The lowest BCUT2D eigenvalue weighted by molar-refractivity contribution is 0.255. The minimum Gasteiger partial charge on any atom is -0.363 e. The van der Waals surface area contributed by atoms with Crippen molar-refractivity contribution in [3.8, 4) is 0 Å². The Labute approximate surface area is 62.1 Å². The van der Waals surface area contributed by atoms with Gasteiger partial charge >= 0.3 is 0 Å². The summed E-state index contributed by atoms with van der Waals surface area (Å²) >= 11 is 0. The van der Waals surface area contributed by atoms with E-state index in [4.69, 9.17) is 7.85 Å². The van der Waals surface area contributed by atoms with Gasteiger partial charge in [0.2, 0.25) is 7.85 Å². The number of hydrogen-bond acceptors (Lipinski definition) is 1. The van der Waals surface area contributed by atoms with Gasteiger partial charge in [0.25, 0.3) is 0 Å². The lowest BCUT2D eigenvalue weighted by atomic mass is 10.00. The molecule has 0 aromatic rings. The van der Waals surface area contributed by atoms with Crippen LogP contribution >= 0.6 is 0 Å². The molecule has 2 nitrogen and oxygen atoms in total. The van der Waals surface area contributed by atoms with Gasteiger partial charge in [-0.3, -0.25) is 4.79 Å². The highest BCUT2D eigenvalue weighted by Gasteiger charge is 2.08. The number of carbonyl (C=O) groups is 1. The van der Waals surface area contributed by atoms with E-state index < -0.39 is 5.81 Å². The summed E-state index contributed by atoms with van der Waals surface area (Å²) in [5.74, 6) is -0.416. The average molecular weight is 135 g/mol. The van der Waals surface area contributed by atoms with Gasteiger partial charge < -0.3 is 5.32 Å². The number of carbonyl (C=O) groups excluding carboxylic acids is 1. The zero-order chi connectivity index (χ0) is 7.40. The van der Waals surface area contributed by atoms with E-state index in [9.17, 15) is 4.79 Å². The zero-order valence-electron chi connectivity index (χ0n) is 5.84. The van der Waals surface area contributed by atoms with Crippen molar-refractivity contribution in [2.24, 2.45) is 0 Å². The van der Waals surface area contributed by atoms with Crippen molar-refractivity contribution in [2.75, 3.05) is 0 Å². The van der Waals surface area contributed by atoms with E-state index in [1.165, 1.54) is 0 Å². The molecule has 1 amide bonds. The van der Waals surface area contributed by atoms with Crippen molar-refractivity contribution < 1.29 is 4.79 Å². The van der Waals surface area contributed by atoms with Gasteiger partial charge in [-0.1, -0.05) is 12.2 Å². The minimum atomic E-state index is -0.416. The molecule has 0 aromatic heterocycles. The monoisotopic (exact) mass is 135 g/mol. The van der Waals surface area contributed by atoms with E-state index in [-0.39, 0.29) is 6.04 Å². The topological polar surface area (TPSA) is 29.1 Å². The minimum absolute atomic E-state index is 0.266. The van der Waals surface area contributed by atoms with Crippen molar-refractivity contribution >= 4 is 13.7 Å². The first kappa shape index (κ1) is 7.38. The van der Waals surface area contributed by atoms with Gasteiger partial charge in [0.15, 0.2) is 5.81 Å². The van der Waals surface area contributed by atoms with Gasteiger partial charge in [0.1, 0.15) is 0 Å². The molecule has 2 radical (unpaired) electrons. The van der Waals surface area contributed by atoms with Crippen molar-refractivity contribution in [3.05, 3.63) is 12.2 Å². The van der Waals surface area contributed by atoms with E-state index >= 15 is 0 Å². The van der Waals surface area contributed by atoms with Crippen LogP contribution in [0.1, 0.15) is 19.3 Å². The fourth-order valence-electron chi connectivity index (χ4n) is 1.13. The predicted molar refractivity (Wildman–Crippen MR) is 41.1 cm³/mol. The maximum Gasteiger partial charge on any atom is 0.200 e. The first-order valence-electron chi connectivity index (χ1n) is 3.50. The van der Waals surface area contributed by atoms with Gasteiger partial charge in [-0.15, -0.1) is 0 Å². The summed E-state index contributed by atoms with van der Waals surface area (Å²) in [5, 5.41) is 2.67. The van der Waals surface area contributed by atoms with Crippen molar-refractivity contribution in [3.63, 3.8) is 0 Å². The van der Waals surface area contributed by atoms with Crippen LogP contribution < -0.4 is 5.32 Å².